The first-order chi connectivity index (χ1) is 15.6. The number of pyridine rings is 1. The van der Waals surface area contributed by atoms with E-state index in [-0.39, 0.29) is 18.4 Å². The third-order valence-electron chi connectivity index (χ3n) is 6.24. The van der Waals surface area contributed by atoms with Gasteiger partial charge in [-0.15, -0.1) is 0 Å². The Kier molecular flexibility index (Phi) is 5.53. The topological polar surface area (TPSA) is 70.4 Å². The summed E-state index contributed by atoms with van der Waals surface area (Å²) in [6, 6.07) is 14.1. The van der Waals surface area contributed by atoms with Crippen molar-refractivity contribution < 1.29 is 14.3 Å². The Labute approximate surface area is 187 Å². The van der Waals surface area contributed by atoms with Crippen LogP contribution in [0.3, 0.4) is 0 Å². The van der Waals surface area contributed by atoms with Crippen molar-refractivity contribution in [3.8, 4) is 0 Å². The number of aryl methyl sites for hydroxylation is 1. The highest BCUT2D eigenvalue weighted by atomic mass is 16.5. The SMILES string of the molecule is Cc1cccn2cc(C(=O)N3CCOC(C(=O)N4CCN(c5ccccc5)CC4)C3)nc12. The van der Waals surface area contributed by atoms with Gasteiger partial charge in [-0.2, -0.15) is 0 Å². The Bertz CT molecular complexity index is 1120. The number of nitrogens with zero attached hydrogens (tertiary/aromatic N) is 5. The van der Waals surface area contributed by atoms with Crippen molar-refractivity contribution in [3.05, 3.63) is 66.1 Å². The molecule has 0 radical (unpaired) electrons. The molecule has 2 aliphatic rings. The van der Waals surface area contributed by atoms with E-state index in [1.807, 2.05) is 52.8 Å². The molecular formula is C24H27N5O3. The number of fused-ring (bicyclic) bond motifs is 1. The maximum Gasteiger partial charge on any atom is 0.274 e. The van der Waals surface area contributed by atoms with Gasteiger partial charge in [0.25, 0.3) is 11.8 Å². The summed E-state index contributed by atoms with van der Waals surface area (Å²) in [6.07, 6.45) is 3.00. The van der Waals surface area contributed by atoms with E-state index in [9.17, 15) is 9.59 Å². The Hall–Kier alpha value is -3.39. The van der Waals surface area contributed by atoms with E-state index in [0.717, 1.165) is 24.3 Å². The lowest BCUT2D eigenvalue weighted by molar-refractivity contribution is -0.148. The number of para-hydroxylation sites is 1. The fourth-order valence-electron chi connectivity index (χ4n) is 4.43. The zero-order valence-corrected chi connectivity index (χ0v) is 18.2. The lowest BCUT2D eigenvalue weighted by atomic mass is 10.2. The molecule has 5 rings (SSSR count). The molecule has 0 N–H and O–H groups in total. The van der Waals surface area contributed by atoms with Crippen LogP contribution in [-0.4, -0.2) is 83.0 Å². The minimum absolute atomic E-state index is 0.0407. The average Bonchev–Trinajstić information content (AvgIpc) is 3.30. The van der Waals surface area contributed by atoms with E-state index in [4.69, 9.17) is 4.74 Å². The molecule has 2 aromatic heterocycles. The van der Waals surface area contributed by atoms with Gasteiger partial charge in [0.15, 0.2) is 6.10 Å². The third kappa shape index (κ3) is 3.93. The van der Waals surface area contributed by atoms with E-state index < -0.39 is 6.10 Å². The van der Waals surface area contributed by atoms with Crippen LogP contribution in [0.15, 0.2) is 54.9 Å². The first-order valence-corrected chi connectivity index (χ1v) is 11.0. The van der Waals surface area contributed by atoms with Gasteiger partial charge in [0.05, 0.1) is 13.2 Å². The summed E-state index contributed by atoms with van der Waals surface area (Å²) in [7, 11) is 0. The maximum atomic E-state index is 13.1. The summed E-state index contributed by atoms with van der Waals surface area (Å²) in [5, 5.41) is 0. The predicted octanol–water partition coefficient (Wildman–Crippen LogP) is 1.83. The maximum absolute atomic E-state index is 13.1. The van der Waals surface area contributed by atoms with Crippen LogP contribution in [0.2, 0.25) is 0 Å². The van der Waals surface area contributed by atoms with Crippen molar-refractivity contribution in [2.45, 2.75) is 13.0 Å². The van der Waals surface area contributed by atoms with Crippen LogP contribution >= 0.6 is 0 Å². The molecule has 2 fully saturated rings. The van der Waals surface area contributed by atoms with E-state index in [1.54, 1.807) is 11.1 Å². The number of aromatic nitrogens is 2. The van der Waals surface area contributed by atoms with Crippen LogP contribution in [0, 0.1) is 6.92 Å². The quantitative estimate of drug-likeness (QED) is 0.630. The summed E-state index contributed by atoms with van der Waals surface area (Å²) in [4.78, 5) is 36.5. The van der Waals surface area contributed by atoms with Crippen molar-refractivity contribution in [3.63, 3.8) is 0 Å². The Balaban J connectivity index is 1.22. The second kappa shape index (κ2) is 8.63. The number of morpholine rings is 1. The molecule has 8 nitrogen and oxygen atoms in total. The van der Waals surface area contributed by atoms with Crippen LogP contribution in [0.5, 0.6) is 0 Å². The molecule has 2 amide bonds. The second-order valence-electron chi connectivity index (χ2n) is 8.31. The standard InChI is InChI=1S/C24H27N5O3/c1-18-6-5-9-28-16-20(25-22(18)28)23(30)29-14-15-32-21(17-29)24(31)27-12-10-26(11-13-27)19-7-3-2-4-8-19/h2-9,16,21H,10-15,17H2,1H3. The van der Waals surface area contributed by atoms with Gasteiger partial charge in [0, 0.05) is 50.8 Å². The zero-order chi connectivity index (χ0) is 22.1. The molecule has 8 heteroatoms. The van der Waals surface area contributed by atoms with Crippen LogP contribution in [-0.2, 0) is 9.53 Å². The van der Waals surface area contributed by atoms with Gasteiger partial charge in [0.1, 0.15) is 11.3 Å². The normalized spacial score (nSPS) is 19.4. The third-order valence-corrected chi connectivity index (χ3v) is 6.24. The van der Waals surface area contributed by atoms with Gasteiger partial charge in [-0.3, -0.25) is 9.59 Å². The predicted molar refractivity (Wildman–Crippen MR) is 121 cm³/mol. The summed E-state index contributed by atoms with van der Waals surface area (Å²) >= 11 is 0. The molecule has 32 heavy (non-hydrogen) atoms. The lowest BCUT2D eigenvalue weighted by Crippen LogP contribution is -2.56. The van der Waals surface area contributed by atoms with Gasteiger partial charge in [-0.25, -0.2) is 4.98 Å². The number of carbonyl (C=O) groups is 2. The van der Waals surface area contributed by atoms with Crippen molar-refractivity contribution in [1.29, 1.82) is 0 Å². The largest absolute Gasteiger partial charge is 0.368 e. The molecule has 2 aliphatic heterocycles. The number of amides is 2. The Morgan fingerprint density at radius 1 is 0.969 bits per heavy atom. The van der Waals surface area contributed by atoms with E-state index in [2.05, 4.69) is 22.0 Å². The highest BCUT2D eigenvalue weighted by Gasteiger charge is 2.34. The summed E-state index contributed by atoms with van der Waals surface area (Å²) in [6.45, 7) is 5.88. The minimum atomic E-state index is -0.630. The number of imidazole rings is 1. The van der Waals surface area contributed by atoms with Gasteiger partial charge in [0.2, 0.25) is 0 Å². The highest BCUT2D eigenvalue weighted by molar-refractivity contribution is 5.93. The lowest BCUT2D eigenvalue weighted by Gasteiger charge is -2.39. The highest BCUT2D eigenvalue weighted by Crippen LogP contribution is 2.18. The molecule has 2 saturated heterocycles. The van der Waals surface area contributed by atoms with Crippen LogP contribution in [0.4, 0.5) is 5.69 Å². The van der Waals surface area contributed by atoms with Crippen molar-refractivity contribution >= 4 is 23.1 Å². The molecule has 1 unspecified atom stereocenters. The molecule has 0 spiro atoms. The number of hydrogen-bond donors (Lipinski definition) is 0. The van der Waals surface area contributed by atoms with E-state index in [0.29, 0.717) is 31.9 Å². The molecule has 4 heterocycles. The first-order valence-electron chi connectivity index (χ1n) is 11.0. The van der Waals surface area contributed by atoms with Crippen LogP contribution < -0.4 is 4.90 Å². The zero-order valence-electron chi connectivity index (χ0n) is 18.2. The number of carbonyl (C=O) groups excluding carboxylic acids is 2. The number of ether oxygens (including phenoxy) is 1. The molecule has 0 bridgehead atoms. The van der Waals surface area contributed by atoms with Crippen molar-refractivity contribution in [1.82, 2.24) is 19.2 Å². The molecule has 1 atom stereocenters. The molecule has 1 aromatic carbocycles. The molecular weight excluding hydrogens is 406 g/mol. The molecule has 0 saturated carbocycles. The number of piperazine rings is 1. The van der Waals surface area contributed by atoms with Crippen LogP contribution in [0.1, 0.15) is 16.1 Å². The van der Waals surface area contributed by atoms with Gasteiger partial charge in [-0.05, 0) is 30.7 Å². The van der Waals surface area contributed by atoms with E-state index in [1.165, 1.54) is 5.69 Å². The van der Waals surface area contributed by atoms with Crippen molar-refractivity contribution in [2.75, 3.05) is 50.8 Å². The summed E-state index contributed by atoms with van der Waals surface area (Å²) < 4.78 is 7.63. The number of rotatable bonds is 3. The average molecular weight is 434 g/mol. The fourth-order valence-corrected chi connectivity index (χ4v) is 4.43. The molecule has 166 valence electrons. The number of anilines is 1. The first kappa shape index (κ1) is 20.5. The van der Waals surface area contributed by atoms with Crippen molar-refractivity contribution in [2.24, 2.45) is 0 Å². The van der Waals surface area contributed by atoms with Gasteiger partial charge >= 0.3 is 0 Å². The monoisotopic (exact) mass is 433 g/mol. The number of hydrogen-bond acceptors (Lipinski definition) is 5. The van der Waals surface area contributed by atoms with Gasteiger partial charge < -0.3 is 23.8 Å². The van der Waals surface area contributed by atoms with E-state index >= 15 is 0 Å². The Morgan fingerprint density at radius 3 is 2.50 bits per heavy atom. The summed E-state index contributed by atoms with van der Waals surface area (Å²) in [5.74, 6) is -0.204. The van der Waals surface area contributed by atoms with Gasteiger partial charge in [-0.1, -0.05) is 24.3 Å². The second-order valence-corrected chi connectivity index (χ2v) is 8.31. The molecule has 3 aromatic rings. The molecule has 0 aliphatic carbocycles. The van der Waals surface area contributed by atoms with Crippen LogP contribution in [0.25, 0.3) is 5.65 Å². The Morgan fingerprint density at radius 2 is 1.75 bits per heavy atom. The smallest absolute Gasteiger partial charge is 0.274 e. The minimum Gasteiger partial charge on any atom is -0.368 e. The fraction of sp³-hybridized carbons (Fsp3) is 0.375. The summed E-state index contributed by atoms with van der Waals surface area (Å²) in [5.41, 5.74) is 3.35. The number of benzene rings is 1.